The van der Waals surface area contributed by atoms with Crippen molar-refractivity contribution < 1.29 is 13.9 Å². The van der Waals surface area contributed by atoms with Crippen LogP contribution >= 0.6 is 11.8 Å². The molecule has 28 heavy (non-hydrogen) atoms. The fourth-order valence-corrected chi connectivity index (χ4v) is 3.44. The zero-order valence-electron chi connectivity index (χ0n) is 16.2. The van der Waals surface area contributed by atoms with E-state index in [1.165, 1.54) is 10.6 Å². The van der Waals surface area contributed by atoms with Gasteiger partial charge in [-0.15, -0.1) is 0 Å². The number of hydrogen-bond donors (Lipinski definition) is 0. The van der Waals surface area contributed by atoms with Gasteiger partial charge in [0, 0.05) is 0 Å². The average molecular weight is 400 g/mol. The normalized spacial score (nSPS) is 11.6. The molecule has 0 aliphatic heterocycles. The Morgan fingerprint density at radius 2 is 1.93 bits per heavy atom. The van der Waals surface area contributed by atoms with E-state index in [2.05, 4.69) is 4.98 Å². The molecule has 0 amide bonds. The second-order valence-corrected chi connectivity index (χ2v) is 8.30. The summed E-state index contributed by atoms with van der Waals surface area (Å²) in [6.45, 7) is 7.01. The minimum Gasteiger partial charge on any atom is -0.459 e. The van der Waals surface area contributed by atoms with Gasteiger partial charge in [0.15, 0.2) is 5.16 Å². The maximum atomic E-state index is 14.1. The van der Waals surface area contributed by atoms with Gasteiger partial charge in [0.1, 0.15) is 11.4 Å². The molecule has 0 aliphatic carbocycles. The molecule has 0 saturated heterocycles. The van der Waals surface area contributed by atoms with Crippen molar-refractivity contribution in [3.8, 4) is 5.69 Å². The fourth-order valence-electron chi connectivity index (χ4n) is 2.65. The predicted molar refractivity (Wildman–Crippen MR) is 109 cm³/mol. The topological polar surface area (TPSA) is 61.2 Å². The summed E-state index contributed by atoms with van der Waals surface area (Å²) in [5.74, 6) is -0.849. The van der Waals surface area contributed by atoms with Crippen LogP contribution in [0, 0.1) is 12.7 Å². The minimum absolute atomic E-state index is 0.0175. The Morgan fingerprint density at radius 1 is 1.21 bits per heavy atom. The molecule has 0 unspecified atom stereocenters. The largest absolute Gasteiger partial charge is 0.459 e. The van der Waals surface area contributed by atoms with Gasteiger partial charge < -0.3 is 4.74 Å². The lowest BCUT2D eigenvalue weighted by Crippen LogP contribution is -2.26. The Hall–Kier alpha value is -2.67. The third-order valence-electron chi connectivity index (χ3n) is 3.90. The van der Waals surface area contributed by atoms with Gasteiger partial charge in [-0.05, 0) is 57.5 Å². The quantitative estimate of drug-likeness (QED) is 0.372. The van der Waals surface area contributed by atoms with Gasteiger partial charge in [-0.25, -0.2) is 9.37 Å². The number of ether oxygens (including phenoxy) is 1. The van der Waals surface area contributed by atoms with Crippen LogP contribution in [-0.4, -0.2) is 26.9 Å². The van der Waals surface area contributed by atoms with Crippen LogP contribution in [0.15, 0.2) is 52.4 Å². The molecule has 0 aliphatic rings. The van der Waals surface area contributed by atoms with Gasteiger partial charge in [-0.3, -0.25) is 14.2 Å². The van der Waals surface area contributed by atoms with Gasteiger partial charge in [0.2, 0.25) is 0 Å². The molecule has 0 bridgehead atoms. The zero-order chi connectivity index (χ0) is 20.5. The van der Waals surface area contributed by atoms with E-state index in [0.717, 1.165) is 11.8 Å². The zero-order valence-corrected chi connectivity index (χ0v) is 17.0. The van der Waals surface area contributed by atoms with Crippen molar-refractivity contribution in [3.05, 3.63) is 64.2 Å². The number of benzene rings is 2. The highest BCUT2D eigenvalue weighted by Crippen LogP contribution is 2.23. The number of esters is 1. The first-order valence-electron chi connectivity index (χ1n) is 8.79. The minimum atomic E-state index is -0.603. The van der Waals surface area contributed by atoms with E-state index in [9.17, 15) is 14.0 Å². The van der Waals surface area contributed by atoms with Crippen molar-refractivity contribution in [1.82, 2.24) is 9.55 Å². The second kappa shape index (κ2) is 7.75. The highest BCUT2D eigenvalue weighted by atomic mass is 32.2. The van der Waals surface area contributed by atoms with Crippen LogP contribution in [0.2, 0.25) is 0 Å². The van der Waals surface area contributed by atoms with Crippen molar-refractivity contribution in [2.45, 2.75) is 38.5 Å². The smallest absolute Gasteiger partial charge is 0.316 e. The number of carbonyl (C=O) groups excluding carboxylic acids is 1. The fraction of sp³-hybridized carbons (Fsp3) is 0.286. The summed E-state index contributed by atoms with van der Waals surface area (Å²) in [5.41, 5.74) is 0.434. The standard InChI is InChI=1S/C21H21FN2O3S/c1-13-9-10-14(11-16(13)22)24-19(26)15-7-5-6-8-17(15)23-20(24)28-12-18(25)27-21(2,3)4/h5-11H,12H2,1-4H3. The van der Waals surface area contributed by atoms with Crippen LogP contribution in [0.3, 0.4) is 0 Å². The molecule has 2 aromatic carbocycles. The van der Waals surface area contributed by atoms with E-state index in [4.69, 9.17) is 4.74 Å². The van der Waals surface area contributed by atoms with Crippen molar-refractivity contribution in [1.29, 1.82) is 0 Å². The predicted octanol–water partition coefficient (Wildman–Crippen LogP) is 4.27. The highest BCUT2D eigenvalue weighted by molar-refractivity contribution is 7.99. The summed E-state index contributed by atoms with van der Waals surface area (Å²) in [6, 6.07) is 11.5. The molecule has 3 aromatic rings. The van der Waals surface area contributed by atoms with Crippen LogP contribution in [0.4, 0.5) is 4.39 Å². The van der Waals surface area contributed by atoms with E-state index in [1.807, 2.05) is 0 Å². The molecule has 0 radical (unpaired) electrons. The number of halogens is 1. The maximum absolute atomic E-state index is 14.1. The number of para-hydroxylation sites is 1. The maximum Gasteiger partial charge on any atom is 0.316 e. The van der Waals surface area contributed by atoms with Crippen LogP contribution in [0.1, 0.15) is 26.3 Å². The average Bonchev–Trinajstić information content (AvgIpc) is 2.61. The molecule has 0 fully saturated rings. The molecule has 0 N–H and O–H groups in total. The Labute approximate surface area is 166 Å². The molecular weight excluding hydrogens is 379 g/mol. The summed E-state index contributed by atoms with van der Waals surface area (Å²) in [4.78, 5) is 29.7. The van der Waals surface area contributed by atoms with Crippen molar-refractivity contribution >= 4 is 28.6 Å². The monoisotopic (exact) mass is 400 g/mol. The van der Waals surface area contributed by atoms with Crippen molar-refractivity contribution in [3.63, 3.8) is 0 Å². The molecule has 5 nitrogen and oxygen atoms in total. The van der Waals surface area contributed by atoms with E-state index in [-0.39, 0.29) is 11.3 Å². The van der Waals surface area contributed by atoms with Crippen LogP contribution in [0.5, 0.6) is 0 Å². The molecule has 146 valence electrons. The number of carbonyl (C=O) groups is 1. The van der Waals surface area contributed by atoms with E-state index in [1.54, 1.807) is 64.1 Å². The number of fused-ring (bicyclic) bond motifs is 1. The number of hydrogen-bond acceptors (Lipinski definition) is 5. The van der Waals surface area contributed by atoms with Crippen LogP contribution in [-0.2, 0) is 9.53 Å². The molecule has 0 spiro atoms. The lowest BCUT2D eigenvalue weighted by atomic mass is 10.2. The molecule has 1 heterocycles. The highest BCUT2D eigenvalue weighted by Gasteiger charge is 2.19. The van der Waals surface area contributed by atoms with Crippen molar-refractivity contribution in [2.24, 2.45) is 0 Å². The van der Waals surface area contributed by atoms with Gasteiger partial charge in [-0.2, -0.15) is 0 Å². The molecule has 7 heteroatoms. The number of thioether (sulfide) groups is 1. The Balaban J connectivity index is 2.08. The molecule has 1 aromatic heterocycles. The van der Waals surface area contributed by atoms with Gasteiger partial charge in [0.05, 0.1) is 22.3 Å². The number of aryl methyl sites for hydroxylation is 1. The van der Waals surface area contributed by atoms with Gasteiger partial charge in [-0.1, -0.05) is 30.0 Å². The lowest BCUT2D eigenvalue weighted by Gasteiger charge is -2.19. The second-order valence-electron chi connectivity index (χ2n) is 7.36. The number of nitrogens with zero attached hydrogens (tertiary/aromatic N) is 2. The Kier molecular flexibility index (Phi) is 5.56. The van der Waals surface area contributed by atoms with Crippen LogP contribution in [0.25, 0.3) is 16.6 Å². The molecule has 0 atom stereocenters. The molecule has 0 saturated carbocycles. The summed E-state index contributed by atoms with van der Waals surface area (Å²) < 4.78 is 20.8. The SMILES string of the molecule is Cc1ccc(-n2c(SCC(=O)OC(C)(C)C)nc3ccccc3c2=O)cc1F. The lowest BCUT2D eigenvalue weighted by molar-refractivity contribution is -0.151. The summed E-state index contributed by atoms with van der Waals surface area (Å²) in [7, 11) is 0. The summed E-state index contributed by atoms with van der Waals surface area (Å²) in [6.07, 6.45) is 0. The molecule has 3 rings (SSSR count). The van der Waals surface area contributed by atoms with Gasteiger partial charge >= 0.3 is 5.97 Å². The molecular formula is C21H21FN2O3S. The van der Waals surface area contributed by atoms with E-state index >= 15 is 0 Å². The van der Waals surface area contributed by atoms with E-state index in [0.29, 0.717) is 27.3 Å². The van der Waals surface area contributed by atoms with Crippen molar-refractivity contribution in [2.75, 3.05) is 5.75 Å². The first-order valence-corrected chi connectivity index (χ1v) is 9.77. The first-order chi connectivity index (χ1) is 13.2. The third-order valence-corrected chi connectivity index (χ3v) is 4.81. The summed E-state index contributed by atoms with van der Waals surface area (Å²) >= 11 is 1.08. The van der Waals surface area contributed by atoms with E-state index < -0.39 is 17.4 Å². The summed E-state index contributed by atoms with van der Waals surface area (Å²) in [5, 5.41) is 0.725. The first kappa shape index (κ1) is 20.1. The Morgan fingerprint density at radius 3 is 2.61 bits per heavy atom. The third kappa shape index (κ3) is 4.42. The Bertz CT molecular complexity index is 1100. The van der Waals surface area contributed by atoms with Gasteiger partial charge in [0.25, 0.3) is 5.56 Å². The number of rotatable bonds is 4. The van der Waals surface area contributed by atoms with Crippen LogP contribution < -0.4 is 5.56 Å². The number of aromatic nitrogens is 2.